The first-order valence-corrected chi connectivity index (χ1v) is 8.13. The van der Waals surface area contributed by atoms with Crippen molar-refractivity contribution in [2.24, 2.45) is 11.8 Å². The average molecular weight is 295 g/mol. The van der Waals surface area contributed by atoms with Gasteiger partial charge >= 0.3 is 0 Å². The maximum absolute atomic E-state index is 12.3. The molecule has 1 aromatic carbocycles. The Balaban J connectivity index is 2.77. The molecule has 4 heteroatoms. The first kappa shape index (κ1) is 16.9. The summed E-state index contributed by atoms with van der Waals surface area (Å²) < 4.78 is 14.2. The molecular weight excluding hydrogens is 270 g/mol. The third-order valence-electron chi connectivity index (χ3n) is 3.19. The van der Waals surface area contributed by atoms with Crippen LogP contribution >= 0.6 is 0 Å². The molecule has 1 amide bonds. The van der Waals surface area contributed by atoms with E-state index in [9.17, 15) is 9.00 Å². The van der Waals surface area contributed by atoms with Crippen LogP contribution in [-0.2, 0) is 22.2 Å². The highest BCUT2D eigenvalue weighted by Gasteiger charge is 2.27. The molecule has 20 heavy (non-hydrogen) atoms. The summed E-state index contributed by atoms with van der Waals surface area (Å²) in [4.78, 5) is 12.3. The highest BCUT2D eigenvalue weighted by molar-refractivity contribution is 7.85. The van der Waals surface area contributed by atoms with Crippen LogP contribution in [0, 0.1) is 11.8 Å². The predicted octanol–water partition coefficient (Wildman–Crippen LogP) is 3.08. The van der Waals surface area contributed by atoms with Crippen LogP contribution in [0.5, 0.6) is 0 Å². The van der Waals surface area contributed by atoms with Crippen molar-refractivity contribution in [3.05, 3.63) is 35.9 Å². The fourth-order valence-electron chi connectivity index (χ4n) is 1.82. The van der Waals surface area contributed by atoms with Gasteiger partial charge in [0.2, 0.25) is 5.91 Å². The van der Waals surface area contributed by atoms with E-state index in [0.29, 0.717) is 6.42 Å². The third kappa shape index (κ3) is 5.08. The average Bonchev–Trinajstić information content (AvgIpc) is 2.35. The van der Waals surface area contributed by atoms with Crippen LogP contribution in [-0.4, -0.2) is 14.9 Å². The minimum absolute atomic E-state index is 0.128. The SMILES string of the molecule is CC(C)[C@H](Cc1ccccc1)C(=O)N[S@](=O)C(C)(C)C. The molecule has 0 unspecified atom stereocenters. The van der Waals surface area contributed by atoms with E-state index < -0.39 is 15.7 Å². The first-order chi connectivity index (χ1) is 9.21. The molecule has 0 heterocycles. The Kier molecular flexibility index (Phi) is 5.93. The number of rotatable bonds is 5. The molecule has 2 atom stereocenters. The number of hydrogen-bond donors (Lipinski definition) is 1. The molecule has 1 aromatic rings. The van der Waals surface area contributed by atoms with Gasteiger partial charge in [-0.2, -0.15) is 0 Å². The lowest BCUT2D eigenvalue weighted by Gasteiger charge is -2.23. The second-order valence-electron chi connectivity index (χ2n) is 6.39. The van der Waals surface area contributed by atoms with E-state index in [1.54, 1.807) is 0 Å². The second kappa shape index (κ2) is 7.02. The number of benzene rings is 1. The van der Waals surface area contributed by atoms with Gasteiger partial charge in [-0.05, 0) is 38.7 Å². The molecule has 0 aliphatic rings. The van der Waals surface area contributed by atoms with Crippen LogP contribution < -0.4 is 4.72 Å². The molecule has 1 rings (SSSR count). The summed E-state index contributed by atoms with van der Waals surface area (Å²) in [6.07, 6.45) is 0.672. The summed E-state index contributed by atoms with van der Waals surface area (Å²) in [5.74, 6) is -0.0898. The van der Waals surface area contributed by atoms with Crippen LogP contribution in [0.4, 0.5) is 0 Å². The summed E-state index contributed by atoms with van der Waals surface area (Å²) in [7, 11) is -1.36. The van der Waals surface area contributed by atoms with Gasteiger partial charge in [-0.25, -0.2) is 4.21 Å². The molecule has 1 N–H and O–H groups in total. The van der Waals surface area contributed by atoms with E-state index in [-0.39, 0.29) is 17.7 Å². The quantitative estimate of drug-likeness (QED) is 0.907. The lowest BCUT2D eigenvalue weighted by molar-refractivity contribution is -0.124. The molecule has 0 saturated carbocycles. The van der Waals surface area contributed by atoms with Gasteiger partial charge < -0.3 is 0 Å². The van der Waals surface area contributed by atoms with Crippen LogP contribution in [0.25, 0.3) is 0 Å². The van der Waals surface area contributed by atoms with Crippen LogP contribution in [0.2, 0.25) is 0 Å². The number of amides is 1. The molecule has 0 aliphatic heterocycles. The van der Waals surface area contributed by atoms with Crippen molar-refractivity contribution in [3.63, 3.8) is 0 Å². The molecule has 0 saturated heterocycles. The van der Waals surface area contributed by atoms with Gasteiger partial charge in [-0.3, -0.25) is 9.52 Å². The Hall–Kier alpha value is -1.16. The van der Waals surface area contributed by atoms with Crippen molar-refractivity contribution in [2.75, 3.05) is 0 Å². The van der Waals surface area contributed by atoms with E-state index in [1.807, 2.05) is 65.0 Å². The topological polar surface area (TPSA) is 46.2 Å². The van der Waals surface area contributed by atoms with E-state index in [4.69, 9.17) is 0 Å². The smallest absolute Gasteiger partial charge is 0.235 e. The van der Waals surface area contributed by atoms with Crippen molar-refractivity contribution >= 4 is 16.9 Å². The van der Waals surface area contributed by atoms with Gasteiger partial charge in [0.25, 0.3) is 0 Å². The lowest BCUT2D eigenvalue weighted by atomic mass is 9.89. The minimum Gasteiger partial charge on any atom is -0.274 e. The molecule has 0 bridgehead atoms. The molecule has 3 nitrogen and oxygen atoms in total. The Morgan fingerprint density at radius 3 is 2.20 bits per heavy atom. The minimum atomic E-state index is -1.36. The Morgan fingerprint density at radius 1 is 1.20 bits per heavy atom. The maximum Gasteiger partial charge on any atom is 0.235 e. The van der Waals surface area contributed by atoms with Gasteiger partial charge in [0, 0.05) is 5.92 Å². The summed E-state index contributed by atoms with van der Waals surface area (Å²) in [6, 6.07) is 9.94. The zero-order valence-corrected chi connectivity index (χ0v) is 13.8. The highest BCUT2D eigenvalue weighted by Crippen LogP contribution is 2.19. The van der Waals surface area contributed by atoms with Gasteiger partial charge in [0.15, 0.2) is 0 Å². The van der Waals surface area contributed by atoms with E-state index in [2.05, 4.69) is 4.72 Å². The monoisotopic (exact) mass is 295 g/mol. The fraction of sp³-hybridized carbons (Fsp3) is 0.562. The Morgan fingerprint density at radius 2 is 1.75 bits per heavy atom. The lowest BCUT2D eigenvalue weighted by Crippen LogP contribution is -2.42. The number of carbonyl (C=O) groups excluding carboxylic acids is 1. The van der Waals surface area contributed by atoms with Gasteiger partial charge in [-0.15, -0.1) is 0 Å². The molecule has 0 fully saturated rings. The fourth-order valence-corrected chi connectivity index (χ4v) is 2.46. The summed E-state index contributed by atoms with van der Waals surface area (Å²) >= 11 is 0. The van der Waals surface area contributed by atoms with Crippen LogP contribution in [0.3, 0.4) is 0 Å². The van der Waals surface area contributed by atoms with Gasteiger partial charge in [0.05, 0.1) is 4.75 Å². The third-order valence-corrected chi connectivity index (χ3v) is 4.69. The van der Waals surface area contributed by atoms with E-state index >= 15 is 0 Å². The number of hydrogen-bond acceptors (Lipinski definition) is 2. The van der Waals surface area contributed by atoms with Crippen molar-refractivity contribution in [3.8, 4) is 0 Å². The van der Waals surface area contributed by atoms with E-state index in [1.165, 1.54) is 0 Å². The van der Waals surface area contributed by atoms with Crippen molar-refractivity contribution < 1.29 is 9.00 Å². The normalized spacial score (nSPS) is 14.9. The highest BCUT2D eigenvalue weighted by atomic mass is 32.2. The summed E-state index contributed by atoms with van der Waals surface area (Å²) in [5.41, 5.74) is 1.13. The Bertz CT molecular complexity index is 463. The van der Waals surface area contributed by atoms with Crippen molar-refractivity contribution in [1.82, 2.24) is 4.72 Å². The van der Waals surface area contributed by atoms with Crippen LogP contribution in [0.1, 0.15) is 40.2 Å². The zero-order valence-electron chi connectivity index (χ0n) is 13.0. The molecule has 112 valence electrons. The molecule has 0 radical (unpaired) electrons. The van der Waals surface area contributed by atoms with Crippen molar-refractivity contribution in [2.45, 2.75) is 45.8 Å². The number of nitrogens with one attached hydrogen (secondary N) is 1. The molecule has 0 spiro atoms. The van der Waals surface area contributed by atoms with Crippen molar-refractivity contribution in [1.29, 1.82) is 0 Å². The molecular formula is C16H25NO2S. The molecule has 0 aliphatic carbocycles. The zero-order chi connectivity index (χ0) is 15.3. The Labute approximate surface area is 124 Å². The van der Waals surface area contributed by atoms with Crippen LogP contribution in [0.15, 0.2) is 30.3 Å². The standard InChI is InChI=1S/C16H25NO2S/c1-12(2)14(11-13-9-7-6-8-10-13)15(18)17-20(19)16(3,4)5/h6-10,12,14H,11H2,1-5H3,(H,17,18)/t14-,20+/m0/s1. The maximum atomic E-state index is 12.3. The first-order valence-electron chi connectivity index (χ1n) is 6.98. The molecule has 0 aromatic heterocycles. The summed E-state index contributed by atoms with van der Waals surface area (Å²) in [6.45, 7) is 9.60. The number of carbonyl (C=O) groups is 1. The van der Waals surface area contributed by atoms with Gasteiger partial charge in [-0.1, -0.05) is 44.2 Å². The summed E-state index contributed by atoms with van der Waals surface area (Å²) in [5, 5.41) is 0. The predicted molar refractivity (Wildman–Crippen MR) is 84.5 cm³/mol. The second-order valence-corrected chi connectivity index (χ2v) is 8.35. The largest absolute Gasteiger partial charge is 0.274 e. The van der Waals surface area contributed by atoms with Gasteiger partial charge in [0.1, 0.15) is 11.0 Å². The van der Waals surface area contributed by atoms with E-state index in [0.717, 1.165) is 5.56 Å².